The Morgan fingerprint density at radius 2 is 1.93 bits per heavy atom. The molecule has 1 saturated heterocycles. The molecule has 158 valence electrons. The third-order valence-electron chi connectivity index (χ3n) is 6.61. The molecule has 1 saturated carbocycles. The van der Waals surface area contributed by atoms with Crippen molar-refractivity contribution in [1.29, 1.82) is 0 Å². The van der Waals surface area contributed by atoms with E-state index in [1.165, 1.54) is 32.1 Å². The third-order valence-corrected chi connectivity index (χ3v) is 7.69. The number of aromatic nitrogens is 1. The number of piperazine rings is 1. The zero-order valence-electron chi connectivity index (χ0n) is 17.7. The van der Waals surface area contributed by atoms with Crippen molar-refractivity contribution in [3.63, 3.8) is 0 Å². The zero-order chi connectivity index (χ0) is 20.2. The highest BCUT2D eigenvalue weighted by Gasteiger charge is 2.31. The number of benzene rings is 1. The first-order valence-electron chi connectivity index (χ1n) is 11.2. The molecule has 2 fully saturated rings. The number of amides is 1. The molecule has 5 nitrogen and oxygen atoms in total. The van der Waals surface area contributed by atoms with Crippen molar-refractivity contribution >= 4 is 32.6 Å². The molecule has 2 aromatic rings. The summed E-state index contributed by atoms with van der Waals surface area (Å²) >= 11 is 1.71. The van der Waals surface area contributed by atoms with Crippen molar-refractivity contribution in [2.75, 3.05) is 38.2 Å². The Morgan fingerprint density at radius 3 is 2.62 bits per heavy atom. The zero-order valence-corrected chi connectivity index (χ0v) is 18.5. The van der Waals surface area contributed by atoms with E-state index < -0.39 is 0 Å². The quantitative estimate of drug-likeness (QED) is 0.670. The Hall–Kier alpha value is -1.82. The number of fused-ring (bicyclic) bond motifs is 1. The van der Waals surface area contributed by atoms with Crippen molar-refractivity contribution in [2.24, 2.45) is 11.8 Å². The lowest BCUT2D eigenvalue weighted by Gasteiger charge is -2.37. The van der Waals surface area contributed by atoms with E-state index in [0.717, 1.165) is 66.0 Å². The Kier molecular flexibility index (Phi) is 6.58. The van der Waals surface area contributed by atoms with Gasteiger partial charge in [0.1, 0.15) is 5.75 Å². The average Bonchev–Trinajstić information content (AvgIpc) is 3.21. The molecule has 0 atom stereocenters. The normalized spacial score (nSPS) is 22.8. The van der Waals surface area contributed by atoms with Crippen LogP contribution in [0.1, 0.15) is 51.9 Å². The summed E-state index contributed by atoms with van der Waals surface area (Å²) in [6.07, 6.45) is 8.64. The minimum atomic E-state index is 0.259. The number of nitrogens with zero attached hydrogens (tertiary/aromatic N) is 3. The standard InChI is InChI=1S/C23H33N3O2S/c1-3-4-5-17-6-8-18(9-7-17)22(27)25-12-14-26(15-13-25)23-24-20-11-10-19(28-2)16-21(20)29-23/h10-11,16-18H,3-9,12-15H2,1-2H3. The average molecular weight is 416 g/mol. The van der Waals surface area contributed by atoms with Crippen LogP contribution in [-0.4, -0.2) is 49.1 Å². The van der Waals surface area contributed by atoms with E-state index in [-0.39, 0.29) is 5.92 Å². The van der Waals surface area contributed by atoms with Crippen molar-refractivity contribution in [3.8, 4) is 5.75 Å². The van der Waals surface area contributed by atoms with Crippen LogP contribution < -0.4 is 9.64 Å². The van der Waals surface area contributed by atoms with Gasteiger partial charge in [-0.3, -0.25) is 4.79 Å². The second-order valence-corrected chi connectivity index (χ2v) is 9.51. The van der Waals surface area contributed by atoms with E-state index in [2.05, 4.69) is 16.7 Å². The molecule has 0 spiro atoms. The third kappa shape index (κ3) is 4.68. The largest absolute Gasteiger partial charge is 0.497 e. The fourth-order valence-corrected chi connectivity index (χ4v) is 5.77. The highest BCUT2D eigenvalue weighted by Crippen LogP contribution is 2.34. The van der Waals surface area contributed by atoms with Gasteiger partial charge in [0.15, 0.2) is 5.13 Å². The van der Waals surface area contributed by atoms with Gasteiger partial charge in [0.05, 0.1) is 17.3 Å². The number of anilines is 1. The number of carbonyl (C=O) groups excluding carboxylic acids is 1. The van der Waals surface area contributed by atoms with Crippen molar-refractivity contribution < 1.29 is 9.53 Å². The molecule has 1 aliphatic carbocycles. The maximum absolute atomic E-state index is 13.0. The van der Waals surface area contributed by atoms with Gasteiger partial charge in [-0.1, -0.05) is 37.5 Å². The van der Waals surface area contributed by atoms with Crippen LogP contribution in [0.5, 0.6) is 5.75 Å². The fourth-order valence-electron chi connectivity index (χ4n) is 4.72. The van der Waals surface area contributed by atoms with Crippen LogP contribution in [0.15, 0.2) is 18.2 Å². The topological polar surface area (TPSA) is 45.7 Å². The summed E-state index contributed by atoms with van der Waals surface area (Å²) in [6.45, 7) is 5.63. The van der Waals surface area contributed by atoms with Gasteiger partial charge in [-0.05, 0) is 49.8 Å². The van der Waals surface area contributed by atoms with Crippen LogP contribution in [0.4, 0.5) is 5.13 Å². The maximum Gasteiger partial charge on any atom is 0.225 e. The van der Waals surface area contributed by atoms with Crippen molar-refractivity contribution in [2.45, 2.75) is 51.9 Å². The van der Waals surface area contributed by atoms with Crippen molar-refractivity contribution in [1.82, 2.24) is 9.88 Å². The summed E-state index contributed by atoms with van der Waals surface area (Å²) in [7, 11) is 1.69. The molecule has 0 bridgehead atoms. The van der Waals surface area contributed by atoms with E-state index in [0.29, 0.717) is 5.91 Å². The molecule has 1 amide bonds. The molecule has 2 aliphatic rings. The van der Waals surface area contributed by atoms with Gasteiger partial charge in [0, 0.05) is 32.1 Å². The predicted molar refractivity (Wildman–Crippen MR) is 120 cm³/mol. The summed E-state index contributed by atoms with van der Waals surface area (Å²) in [4.78, 5) is 22.2. The number of hydrogen-bond donors (Lipinski definition) is 0. The highest BCUT2D eigenvalue weighted by atomic mass is 32.1. The van der Waals surface area contributed by atoms with E-state index in [4.69, 9.17) is 9.72 Å². The minimum absolute atomic E-state index is 0.259. The second kappa shape index (κ2) is 9.33. The lowest BCUT2D eigenvalue weighted by atomic mass is 9.79. The molecule has 1 aliphatic heterocycles. The number of hydrogen-bond acceptors (Lipinski definition) is 5. The van der Waals surface area contributed by atoms with Crippen LogP contribution in [0.25, 0.3) is 10.2 Å². The molecule has 29 heavy (non-hydrogen) atoms. The number of ether oxygens (including phenoxy) is 1. The fraction of sp³-hybridized carbons (Fsp3) is 0.652. The Morgan fingerprint density at radius 1 is 1.17 bits per heavy atom. The first kappa shape index (κ1) is 20.5. The van der Waals surface area contributed by atoms with E-state index in [1.807, 2.05) is 18.2 Å². The van der Waals surface area contributed by atoms with E-state index in [9.17, 15) is 4.79 Å². The SMILES string of the molecule is CCCCC1CCC(C(=O)N2CCN(c3nc4ccc(OC)cc4s3)CC2)CC1. The summed E-state index contributed by atoms with van der Waals surface area (Å²) in [5, 5.41) is 1.05. The van der Waals surface area contributed by atoms with Crippen LogP contribution in [0.2, 0.25) is 0 Å². The molecule has 6 heteroatoms. The van der Waals surface area contributed by atoms with Crippen LogP contribution in [-0.2, 0) is 4.79 Å². The van der Waals surface area contributed by atoms with Gasteiger partial charge < -0.3 is 14.5 Å². The van der Waals surface area contributed by atoms with Gasteiger partial charge in [-0.15, -0.1) is 0 Å². The number of carbonyl (C=O) groups is 1. The molecule has 1 aromatic carbocycles. The predicted octanol–water partition coefficient (Wildman–Crippen LogP) is 4.95. The lowest BCUT2D eigenvalue weighted by Crippen LogP contribution is -2.50. The molecular weight excluding hydrogens is 382 g/mol. The van der Waals surface area contributed by atoms with E-state index >= 15 is 0 Å². The molecule has 0 radical (unpaired) electrons. The molecule has 2 heterocycles. The lowest BCUT2D eigenvalue weighted by molar-refractivity contribution is -0.137. The second-order valence-electron chi connectivity index (χ2n) is 8.50. The summed E-state index contributed by atoms with van der Waals surface area (Å²) in [6, 6.07) is 6.03. The van der Waals surface area contributed by atoms with Gasteiger partial charge in [0.2, 0.25) is 5.91 Å². The van der Waals surface area contributed by atoms with Crippen molar-refractivity contribution in [3.05, 3.63) is 18.2 Å². The molecular formula is C23H33N3O2S. The molecule has 1 aromatic heterocycles. The summed E-state index contributed by atoms with van der Waals surface area (Å²) in [5.41, 5.74) is 1.02. The van der Waals surface area contributed by atoms with Crippen LogP contribution in [0, 0.1) is 11.8 Å². The number of rotatable bonds is 6. The number of thiazole rings is 1. The highest BCUT2D eigenvalue weighted by molar-refractivity contribution is 7.22. The molecule has 4 rings (SSSR count). The van der Waals surface area contributed by atoms with Gasteiger partial charge in [0.25, 0.3) is 0 Å². The first-order valence-corrected chi connectivity index (χ1v) is 12.0. The maximum atomic E-state index is 13.0. The Balaban J connectivity index is 1.30. The summed E-state index contributed by atoms with van der Waals surface area (Å²) in [5.74, 6) is 2.38. The van der Waals surface area contributed by atoms with Crippen LogP contribution >= 0.6 is 11.3 Å². The number of unbranched alkanes of at least 4 members (excludes halogenated alkanes) is 1. The molecule has 0 unspecified atom stereocenters. The first-order chi connectivity index (χ1) is 14.2. The van der Waals surface area contributed by atoms with Gasteiger partial charge in [-0.25, -0.2) is 4.98 Å². The Bertz CT molecular complexity index is 821. The number of methoxy groups -OCH3 is 1. The Labute approximate surface area is 178 Å². The van der Waals surface area contributed by atoms with Gasteiger partial charge >= 0.3 is 0 Å². The monoisotopic (exact) mass is 415 g/mol. The molecule has 0 N–H and O–H groups in total. The minimum Gasteiger partial charge on any atom is -0.497 e. The summed E-state index contributed by atoms with van der Waals surface area (Å²) < 4.78 is 6.47. The van der Waals surface area contributed by atoms with Crippen LogP contribution in [0.3, 0.4) is 0 Å². The van der Waals surface area contributed by atoms with E-state index in [1.54, 1.807) is 18.4 Å². The smallest absolute Gasteiger partial charge is 0.225 e. The van der Waals surface area contributed by atoms with Gasteiger partial charge in [-0.2, -0.15) is 0 Å².